The first kappa shape index (κ1) is 22.1. The highest BCUT2D eigenvalue weighted by Crippen LogP contribution is 2.45. The number of para-hydroxylation sites is 1. The van der Waals surface area contributed by atoms with Crippen molar-refractivity contribution in [3.05, 3.63) is 29.8 Å². The molecule has 1 aliphatic carbocycles. The minimum absolute atomic E-state index is 0. The first-order chi connectivity index (χ1) is 13.5. The first-order valence-electron chi connectivity index (χ1n) is 10.6. The van der Waals surface area contributed by atoms with Crippen LogP contribution in [0.1, 0.15) is 51.0 Å². The van der Waals surface area contributed by atoms with Crippen molar-refractivity contribution >= 4 is 29.9 Å². The predicted molar refractivity (Wildman–Crippen MR) is 115 cm³/mol. The van der Waals surface area contributed by atoms with Crippen LogP contribution in [0.3, 0.4) is 0 Å². The third kappa shape index (κ3) is 4.03. The Bertz CT molecular complexity index is 749. The number of carbonyl (C=O) groups is 2. The number of nitrogens with one attached hydrogen (secondary N) is 1. The summed E-state index contributed by atoms with van der Waals surface area (Å²) >= 11 is 0. The molecule has 2 aliphatic heterocycles. The SMILES string of the molecule is CCCO[C@H]1C[C@@H](C(=O)N2CCC3(CC2)C(=O)Nc2ccccc23)CC[C@@H]1N.Cl. The van der Waals surface area contributed by atoms with E-state index in [9.17, 15) is 9.59 Å². The van der Waals surface area contributed by atoms with Crippen molar-refractivity contribution in [2.45, 2.75) is 63.0 Å². The van der Waals surface area contributed by atoms with Gasteiger partial charge in [0.2, 0.25) is 11.8 Å². The maximum atomic E-state index is 13.1. The molecule has 0 aromatic heterocycles. The van der Waals surface area contributed by atoms with Crippen molar-refractivity contribution in [1.82, 2.24) is 4.90 Å². The molecule has 0 bridgehead atoms. The molecule has 29 heavy (non-hydrogen) atoms. The standard InChI is InChI=1S/C22H31N3O3.ClH/c1-2-13-28-19-14-15(7-8-17(19)23)20(26)25-11-9-22(10-12-25)16-5-3-4-6-18(16)24-21(22)27;/h3-6,15,17,19H,2,7-14,23H2,1H3,(H,24,27);1H/t15-,17-,19-;/m0./s1. The molecule has 0 unspecified atom stereocenters. The zero-order valence-corrected chi connectivity index (χ0v) is 17.9. The summed E-state index contributed by atoms with van der Waals surface area (Å²) in [6, 6.07) is 7.96. The van der Waals surface area contributed by atoms with E-state index in [1.54, 1.807) is 0 Å². The highest BCUT2D eigenvalue weighted by Gasteiger charge is 2.49. The highest BCUT2D eigenvalue weighted by molar-refractivity contribution is 6.06. The normalized spacial score (nSPS) is 27.9. The molecule has 7 heteroatoms. The zero-order chi connectivity index (χ0) is 19.7. The molecule has 6 nitrogen and oxygen atoms in total. The fraction of sp³-hybridized carbons (Fsp3) is 0.636. The van der Waals surface area contributed by atoms with Crippen molar-refractivity contribution in [2.24, 2.45) is 11.7 Å². The number of ether oxygens (including phenoxy) is 1. The quantitative estimate of drug-likeness (QED) is 0.782. The van der Waals surface area contributed by atoms with Gasteiger partial charge in [0.05, 0.1) is 11.5 Å². The van der Waals surface area contributed by atoms with E-state index in [2.05, 4.69) is 12.2 Å². The Labute approximate surface area is 178 Å². The van der Waals surface area contributed by atoms with Crippen molar-refractivity contribution in [2.75, 3.05) is 25.0 Å². The van der Waals surface area contributed by atoms with Crippen LogP contribution in [0.25, 0.3) is 0 Å². The van der Waals surface area contributed by atoms with Gasteiger partial charge in [-0.2, -0.15) is 0 Å². The maximum Gasteiger partial charge on any atom is 0.235 e. The molecule has 160 valence electrons. The molecule has 0 radical (unpaired) electrons. The third-order valence-corrected chi connectivity index (χ3v) is 6.78. The second kappa shape index (κ2) is 9.02. The lowest BCUT2D eigenvalue weighted by atomic mass is 9.73. The van der Waals surface area contributed by atoms with Gasteiger partial charge in [-0.1, -0.05) is 25.1 Å². The first-order valence-corrected chi connectivity index (χ1v) is 10.6. The van der Waals surface area contributed by atoms with Crippen LogP contribution < -0.4 is 11.1 Å². The van der Waals surface area contributed by atoms with E-state index in [0.29, 0.717) is 39.0 Å². The van der Waals surface area contributed by atoms with E-state index in [1.165, 1.54) is 0 Å². The van der Waals surface area contributed by atoms with Gasteiger partial charge in [0.25, 0.3) is 0 Å². The predicted octanol–water partition coefficient (Wildman–Crippen LogP) is 2.84. The number of hydrogen-bond acceptors (Lipinski definition) is 4. The summed E-state index contributed by atoms with van der Waals surface area (Å²) in [5.41, 5.74) is 7.74. The molecule has 1 aromatic carbocycles. The molecule has 4 rings (SSSR count). The van der Waals surface area contributed by atoms with Crippen molar-refractivity contribution in [1.29, 1.82) is 0 Å². The van der Waals surface area contributed by atoms with Gasteiger partial charge in [0.1, 0.15) is 0 Å². The van der Waals surface area contributed by atoms with Gasteiger partial charge < -0.3 is 20.7 Å². The van der Waals surface area contributed by atoms with Crippen LogP contribution in [0.4, 0.5) is 5.69 Å². The molecule has 1 aromatic rings. The van der Waals surface area contributed by atoms with Gasteiger partial charge in [-0.05, 0) is 50.2 Å². The Balaban J connectivity index is 0.00000240. The molecular weight excluding hydrogens is 390 g/mol. The van der Waals surface area contributed by atoms with Crippen molar-refractivity contribution in [3.8, 4) is 0 Å². The van der Waals surface area contributed by atoms with Gasteiger partial charge >= 0.3 is 0 Å². The molecule has 3 aliphatic rings. The molecule has 2 amide bonds. The highest BCUT2D eigenvalue weighted by atomic mass is 35.5. The summed E-state index contributed by atoms with van der Waals surface area (Å²) in [4.78, 5) is 27.8. The lowest BCUT2D eigenvalue weighted by molar-refractivity contribution is -0.142. The molecule has 3 N–H and O–H groups in total. The van der Waals surface area contributed by atoms with Crippen LogP contribution >= 0.6 is 12.4 Å². The summed E-state index contributed by atoms with van der Waals surface area (Å²) in [6.07, 6.45) is 4.68. The second-order valence-corrected chi connectivity index (χ2v) is 8.49. The topological polar surface area (TPSA) is 84.7 Å². The number of carbonyl (C=O) groups excluding carboxylic acids is 2. The Kier molecular flexibility index (Phi) is 6.87. The number of benzene rings is 1. The van der Waals surface area contributed by atoms with E-state index < -0.39 is 5.41 Å². The number of nitrogens with zero attached hydrogens (tertiary/aromatic N) is 1. The van der Waals surface area contributed by atoms with Gasteiger partial charge in [0, 0.05) is 37.3 Å². The second-order valence-electron chi connectivity index (χ2n) is 8.49. The fourth-order valence-corrected chi connectivity index (χ4v) is 5.07. The number of hydrogen-bond donors (Lipinski definition) is 2. The number of piperidine rings is 1. The average molecular weight is 422 g/mol. The molecule has 1 saturated heterocycles. The number of nitrogens with two attached hydrogens (primary N) is 1. The average Bonchev–Trinajstić information content (AvgIpc) is 2.99. The number of likely N-dealkylation sites (tertiary alicyclic amines) is 1. The molecule has 1 saturated carbocycles. The minimum atomic E-state index is -0.477. The van der Waals surface area contributed by atoms with Crippen LogP contribution in [-0.2, 0) is 19.7 Å². The van der Waals surface area contributed by atoms with E-state index in [-0.39, 0.29) is 42.3 Å². The summed E-state index contributed by atoms with van der Waals surface area (Å²) in [6.45, 7) is 4.03. The summed E-state index contributed by atoms with van der Waals surface area (Å²) < 4.78 is 5.89. The Morgan fingerprint density at radius 2 is 2.00 bits per heavy atom. The fourth-order valence-electron chi connectivity index (χ4n) is 5.07. The monoisotopic (exact) mass is 421 g/mol. The molecular formula is C22H32ClN3O3. The molecule has 1 spiro atoms. The Hall–Kier alpha value is -1.63. The number of halogens is 1. The summed E-state index contributed by atoms with van der Waals surface area (Å²) in [7, 11) is 0. The van der Waals surface area contributed by atoms with Gasteiger partial charge in [-0.15, -0.1) is 12.4 Å². The molecule has 2 heterocycles. The van der Waals surface area contributed by atoms with Crippen LogP contribution in [-0.4, -0.2) is 48.6 Å². The lowest BCUT2D eigenvalue weighted by Crippen LogP contribution is -2.51. The summed E-state index contributed by atoms with van der Waals surface area (Å²) in [5.74, 6) is 0.274. The van der Waals surface area contributed by atoms with E-state index in [4.69, 9.17) is 10.5 Å². The van der Waals surface area contributed by atoms with Crippen molar-refractivity contribution in [3.63, 3.8) is 0 Å². The van der Waals surface area contributed by atoms with E-state index >= 15 is 0 Å². The third-order valence-electron chi connectivity index (χ3n) is 6.78. The van der Waals surface area contributed by atoms with Crippen LogP contribution in [0.5, 0.6) is 0 Å². The van der Waals surface area contributed by atoms with Gasteiger partial charge in [0.15, 0.2) is 0 Å². The molecule has 2 fully saturated rings. The molecule has 3 atom stereocenters. The number of rotatable bonds is 4. The van der Waals surface area contributed by atoms with Gasteiger partial charge in [-0.25, -0.2) is 0 Å². The van der Waals surface area contributed by atoms with Crippen molar-refractivity contribution < 1.29 is 14.3 Å². The van der Waals surface area contributed by atoms with Crippen LogP contribution in [0, 0.1) is 5.92 Å². The Morgan fingerprint density at radius 3 is 2.72 bits per heavy atom. The number of anilines is 1. The largest absolute Gasteiger partial charge is 0.377 e. The van der Waals surface area contributed by atoms with Crippen LogP contribution in [0.2, 0.25) is 0 Å². The van der Waals surface area contributed by atoms with Crippen LogP contribution in [0.15, 0.2) is 24.3 Å². The number of fused-ring (bicyclic) bond motifs is 2. The maximum absolute atomic E-state index is 13.1. The minimum Gasteiger partial charge on any atom is -0.377 e. The lowest BCUT2D eigenvalue weighted by Gasteiger charge is -2.41. The smallest absolute Gasteiger partial charge is 0.235 e. The zero-order valence-electron chi connectivity index (χ0n) is 17.1. The number of amides is 2. The van der Waals surface area contributed by atoms with Gasteiger partial charge in [-0.3, -0.25) is 9.59 Å². The Morgan fingerprint density at radius 1 is 1.28 bits per heavy atom. The summed E-state index contributed by atoms with van der Waals surface area (Å²) in [5, 5.41) is 3.02. The van der Waals surface area contributed by atoms with E-state index in [1.807, 2.05) is 29.2 Å². The van der Waals surface area contributed by atoms with E-state index in [0.717, 1.165) is 30.5 Å².